The molecule has 3 N–H and O–H groups in total. The maximum absolute atomic E-state index is 11.9. The lowest BCUT2D eigenvalue weighted by Gasteiger charge is -2.13. The summed E-state index contributed by atoms with van der Waals surface area (Å²) in [6, 6.07) is 7.73. The lowest BCUT2D eigenvalue weighted by Crippen LogP contribution is -2.26. The maximum atomic E-state index is 11.9. The molecule has 0 saturated heterocycles. The van der Waals surface area contributed by atoms with Gasteiger partial charge in [-0.25, -0.2) is 4.98 Å². The second-order valence-corrected chi connectivity index (χ2v) is 5.63. The number of benzene rings is 1. The van der Waals surface area contributed by atoms with Crippen molar-refractivity contribution in [2.24, 2.45) is 0 Å². The minimum atomic E-state index is -0.213. The van der Waals surface area contributed by atoms with Crippen molar-refractivity contribution < 1.29 is 4.79 Å². The number of rotatable bonds is 3. The zero-order valence-corrected chi connectivity index (χ0v) is 12.1. The number of nitrogens with zero attached hydrogens (tertiary/aromatic N) is 1. The molecule has 0 unspecified atom stereocenters. The van der Waals surface area contributed by atoms with E-state index in [1.54, 1.807) is 5.38 Å². The van der Waals surface area contributed by atoms with Gasteiger partial charge in [-0.2, -0.15) is 0 Å². The van der Waals surface area contributed by atoms with Crippen molar-refractivity contribution in [3.8, 4) is 0 Å². The van der Waals surface area contributed by atoms with Gasteiger partial charge in [-0.3, -0.25) is 4.79 Å². The summed E-state index contributed by atoms with van der Waals surface area (Å²) in [5.41, 5.74) is 6.89. The van der Waals surface area contributed by atoms with Gasteiger partial charge in [0.05, 0.1) is 6.04 Å². The number of nitrogens with two attached hydrogens (primary N) is 1. The van der Waals surface area contributed by atoms with Gasteiger partial charge in [0, 0.05) is 9.85 Å². The SMILES string of the molecule is C[C@@H](NC(=O)c1csc(N)n1)c1cccc(Br)c1. The Labute approximate surface area is 117 Å². The summed E-state index contributed by atoms with van der Waals surface area (Å²) < 4.78 is 0.985. The summed E-state index contributed by atoms with van der Waals surface area (Å²) in [5, 5.41) is 4.93. The molecule has 18 heavy (non-hydrogen) atoms. The molecule has 0 fully saturated rings. The number of thiazole rings is 1. The van der Waals surface area contributed by atoms with Gasteiger partial charge in [-0.15, -0.1) is 11.3 Å². The molecule has 0 aliphatic carbocycles. The molecule has 1 amide bonds. The first kappa shape index (κ1) is 13.0. The van der Waals surface area contributed by atoms with Gasteiger partial charge in [0.25, 0.3) is 5.91 Å². The van der Waals surface area contributed by atoms with Crippen LogP contribution >= 0.6 is 27.3 Å². The van der Waals surface area contributed by atoms with E-state index in [0.717, 1.165) is 10.0 Å². The molecule has 0 aliphatic heterocycles. The normalized spacial score (nSPS) is 12.1. The Morgan fingerprint density at radius 1 is 1.56 bits per heavy atom. The molecule has 4 nitrogen and oxygen atoms in total. The lowest BCUT2D eigenvalue weighted by atomic mass is 10.1. The van der Waals surface area contributed by atoms with Gasteiger partial charge in [-0.05, 0) is 24.6 Å². The second-order valence-electron chi connectivity index (χ2n) is 3.82. The molecule has 2 aromatic rings. The van der Waals surface area contributed by atoms with Gasteiger partial charge in [0.1, 0.15) is 5.69 Å². The summed E-state index contributed by atoms with van der Waals surface area (Å²) in [6.45, 7) is 1.93. The van der Waals surface area contributed by atoms with Gasteiger partial charge in [0.15, 0.2) is 5.13 Å². The number of amides is 1. The number of anilines is 1. The first-order chi connectivity index (χ1) is 8.56. The van der Waals surface area contributed by atoms with E-state index < -0.39 is 0 Å². The summed E-state index contributed by atoms with van der Waals surface area (Å²) >= 11 is 4.66. The van der Waals surface area contributed by atoms with E-state index >= 15 is 0 Å². The number of nitrogen functional groups attached to an aromatic ring is 1. The van der Waals surface area contributed by atoms with Crippen LogP contribution in [0.15, 0.2) is 34.1 Å². The molecule has 0 saturated carbocycles. The number of hydrogen-bond acceptors (Lipinski definition) is 4. The second kappa shape index (κ2) is 5.49. The number of nitrogens with one attached hydrogen (secondary N) is 1. The summed E-state index contributed by atoms with van der Waals surface area (Å²) in [7, 11) is 0. The number of hydrogen-bond donors (Lipinski definition) is 2. The van der Waals surface area contributed by atoms with Crippen LogP contribution in [0.3, 0.4) is 0 Å². The smallest absolute Gasteiger partial charge is 0.271 e. The molecule has 1 atom stereocenters. The number of halogens is 1. The Balaban J connectivity index is 2.07. The highest BCUT2D eigenvalue weighted by Gasteiger charge is 2.13. The fraction of sp³-hybridized carbons (Fsp3) is 0.167. The van der Waals surface area contributed by atoms with E-state index in [-0.39, 0.29) is 11.9 Å². The third-order valence-corrected chi connectivity index (χ3v) is 3.62. The largest absolute Gasteiger partial charge is 0.375 e. The van der Waals surface area contributed by atoms with Crippen LogP contribution in [0.5, 0.6) is 0 Å². The molecule has 1 heterocycles. The molecule has 0 spiro atoms. The number of carbonyl (C=O) groups is 1. The van der Waals surface area contributed by atoms with Gasteiger partial charge in [0.2, 0.25) is 0 Å². The topological polar surface area (TPSA) is 68.0 Å². The molecule has 1 aromatic heterocycles. The minimum Gasteiger partial charge on any atom is -0.375 e. The Morgan fingerprint density at radius 2 is 2.33 bits per heavy atom. The number of aromatic nitrogens is 1. The van der Waals surface area contributed by atoms with Crippen molar-refractivity contribution in [3.05, 3.63) is 45.4 Å². The molecule has 2 rings (SSSR count). The Hall–Kier alpha value is -1.40. The molecule has 0 bridgehead atoms. The van der Waals surface area contributed by atoms with Crippen LogP contribution in [0.4, 0.5) is 5.13 Å². The van der Waals surface area contributed by atoms with E-state index in [2.05, 4.69) is 26.2 Å². The molecular weight excluding hydrogens is 314 g/mol. The van der Waals surface area contributed by atoms with Crippen LogP contribution in [0.1, 0.15) is 29.0 Å². The maximum Gasteiger partial charge on any atom is 0.271 e. The molecule has 1 aromatic carbocycles. The molecule has 0 aliphatic rings. The van der Waals surface area contributed by atoms with E-state index in [9.17, 15) is 4.79 Å². The third-order valence-electron chi connectivity index (χ3n) is 2.45. The summed E-state index contributed by atoms with van der Waals surface area (Å²) in [5.74, 6) is -0.213. The zero-order chi connectivity index (χ0) is 13.1. The first-order valence-corrected chi connectivity index (χ1v) is 7.01. The Bertz CT molecular complexity index is 570. The first-order valence-electron chi connectivity index (χ1n) is 5.33. The summed E-state index contributed by atoms with van der Waals surface area (Å²) in [4.78, 5) is 15.8. The standard InChI is InChI=1S/C12H12BrN3OS/c1-7(8-3-2-4-9(13)5-8)15-11(17)10-6-18-12(14)16-10/h2-7H,1H3,(H2,14,16)(H,15,17)/t7-/m1/s1. The highest BCUT2D eigenvalue weighted by molar-refractivity contribution is 9.10. The highest BCUT2D eigenvalue weighted by atomic mass is 79.9. The van der Waals surface area contributed by atoms with Gasteiger partial charge in [-0.1, -0.05) is 28.1 Å². The van der Waals surface area contributed by atoms with E-state index in [1.807, 2.05) is 31.2 Å². The summed E-state index contributed by atoms with van der Waals surface area (Å²) in [6.07, 6.45) is 0. The average molecular weight is 326 g/mol. The van der Waals surface area contributed by atoms with E-state index in [4.69, 9.17) is 5.73 Å². The average Bonchev–Trinajstić information content (AvgIpc) is 2.76. The number of carbonyl (C=O) groups excluding carboxylic acids is 1. The molecule has 0 radical (unpaired) electrons. The molecular formula is C12H12BrN3OS. The highest BCUT2D eigenvalue weighted by Crippen LogP contribution is 2.18. The predicted molar refractivity (Wildman–Crippen MR) is 76.5 cm³/mol. The van der Waals surface area contributed by atoms with Crippen LogP contribution in [0, 0.1) is 0 Å². The van der Waals surface area contributed by atoms with E-state index in [0.29, 0.717) is 10.8 Å². The van der Waals surface area contributed by atoms with Crippen LogP contribution in [-0.4, -0.2) is 10.9 Å². The van der Waals surface area contributed by atoms with Crippen LogP contribution in [-0.2, 0) is 0 Å². The van der Waals surface area contributed by atoms with Crippen molar-refractivity contribution >= 4 is 38.3 Å². The van der Waals surface area contributed by atoms with Gasteiger partial charge < -0.3 is 11.1 Å². The minimum absolute atomic E-state index is 0.0853. The van der Waals surface area contributed by atoms with Gasteiger partial charge >= 0.3 is 0 Å². The Morgan fingerprint density at radius 3 is 2.94 bits per heavy atom. The van der Waals surface area contributed by atoms with Crippen molar-refractivity contribution in [3.63, 3.8) is 0 Å². The fourth-order valence-electron chi connectivity index (χ4n) is 1.52. The van der Waals surface area contributed by atoms with Crippen molar-refractivity contribution in [1.29, 1.82) is 0 Å². The van der Waals surface area contributed by atoms with Crippen molar-refractivity contribution in [2.75, 3.05) is 5.73 Å². The van der Waals surface area contributed by atoms with Crippen LogP contribution < -0.4 is 11.1 Å². The molecule has 6 heteroatoms. The molecule has 94 valence electrons. The Kier molecular flexibility index (Phi) is 3.98. The predicted octanol–water partition coefficient (Wildman–Crippen LogP) is 2.98. The van der Waals surface area contributed by atoms with E-state index in [1.165, 1.54) is 11.3 Å². The third kappa shape index (κ3) is 3.08. The fourth-order valence-corrected chi connectivity index (χ4v) is 2.48. The van der Waals surface area contributed by atoms with Crippen molar-refractivity contribution in [2.45, 2.75) is 13.0 Å². The lowest BCUT2D eigenvalue weighted by molar-refractivity contribution is 0.0935. The zero-order valence-electron chi connectivity index (χ0n) is 9.68. The van der Waals surface area contributed by atoms with Crippen molar-refractivity contribution in [1.82, 2.24) is 10.3 Å². The monoisotopic (exact) mass is 325 g/mol. The van der Waals surface area contributed by atoms with Crippen LogP contribution in [0.25, 0.3) is 0 Å². The quantitative estimate of drug-likeness (QED) is 0.911. The van der Waals surface area contributed by atoms with Crippen LogP contribution in [0.2, 0.25) is 0 Å².